The Morgan fingerprint density at radius 3 is 2.00 bits per heavy atom. The summed E-state index contributed by atoms with van der Waals surface area (Å²) in [6.45, 7) is 15.7. The third-order valence-electron chi connectivity index (χ3n) is 22.3. The zero-order chi connectivity index (χ0) is 83.0. The number of nitrogens with zero attached hydrogens (tertiary/aromatic N) is 3. The molecule has 1 saturated heterocycles. The number of aliphatic hydroxyl groups excluding tert-OH is 1. The first kappa shape index (κ1) is 91.8. The molecule has 1 unspecified atom stereocenters. The van der Waals surface area contributed by atoms with Gasteiger partial charge in [0.15, 0.2) is 11.6 Å². The van der Waals surface area contributed by atoms with E-state index in [1.165, 1.54) is 0 Å². The molecule has 4 aromatic rings. The number of rotatable bonds is 46. The van der Waals surface area contributed by atoms with Gasteiger partial charge in [0.05, 0.1) is 87.1 Å². The van der Waals surface area contributed by atoms with Crippen LogP contribution in [0.3, 0.4) is 0 Å². The number of carbonyl (C=O) groups is 11. The first-order valence-corrected chi connectivity index (χ1v) is 40.5. The lowest BCUT2D eigenvalue weighted by atomic mass is 9.79. The van der Waals surface area contributed by atoms with E-state index in [0.717, 1.165) is 60.0 Å². The van der Waals surface area contributed by atoms with Crippen molar-refractivity contribution in [3.05, 3.63) is 131 Å². The van der Waals surface area contributed by atoms with Gasteiger partial charge in [0.1, 0.15) is 12.4 Å². The second-order valence-corrected chi connectivity index (χ2v) is 31.8. The monoisotopic (exact) mass is 1580 g/mol. The number of alkyl carbamates (subject to hydrolysis) is 1. The Morgan fingerprint density at radius 1 is 0.658 bits per heavy atom. The van der Waals surface area contributed by atoms with Crippen molar-refractivity contribution in [2.24, 2.45) is 47.2 Å². The van der Waals surface area contributed by atoms with Gasteiger partial charge in [-0.3, -0.25) is 43.2 Å². The van der Waals surface area contributed by atoms with Crippen molar-refractivity contribution in [2.75, 3.05) is 77.5 Å². The Balaban J connectivity index is 0.833. The number of urea groups is 1. The number of para-hydroxylation sites is 1. The van der Waals surface area contributed by atoms with Crippen LogP contribution in [-0.2, 0) is 80.0 Å². The Labute approximate surface area is 672 Å². The van der Waals surface area contributed by atoms with Gasteiger partial charge in [0, 0.05) is 114 Å². The van der Waals surface area contributed by atoms with E-state index >= 15 is 4.79 Å². The minimum atomic E-state index is -1.48. The number of anilines is 2. The lowest BCUT2D eigenvalue weighted by molar-refractivity contribution is -0.150. The van der Waals surface area contributed by atoms with E-state index in [4.69, 9.17) is 29.4 Å². The lowest BCUT2D eigenvalue weighted by Crippen LogP contribution is -2.55. The SMILES string of the molecule is CO[C@H]([C@@H](C)C(=O)C[C@H](C)[C@@H](O)c1ccccc1)[C@@H]1CCCN1C(=O)C[C@@H](OC)[C@H](C1CCCCC1)N(C)C(=O)[C@@H](CC(=O)C(C)(C)NC(=O)OCc1ccc(NC(=O)C(CCCNC(N)=O)CC(=O)[C@@H](NC(=O)CCOCCOCCNC(=O)CCCC(=O)N2Cc3ccccc3C#Cc3ccccc32)C(C)C)cc1)C(C)C. The van der Waals surface area contributed by atoms with Crippen LogP contribution in [0.5, 0.6) is 0 Å². The molecule has 9 amide bonds. The standard InChI is InChI=1S/C88H123N9O17/c1-57(2)69(85(107)95(9)81(64-27-14-12-15-28-64)74(110-10)54-79(104)96-46-24-34-71(96)83(111-11)60(6)72(98)51-59(5)82(105)65-29-16-13-17-30-65)53-75(100)88(7,8)94-87(109)114-56-61-37-41-68(42-38-61)92-84(106)66(32-23-44-91-86(89)108)52-73(99)80(58(3)4)93-77(102)43-47-112-49-50-113-48-45-90-76(101)35-22-36-78(103)97-55-67-31-19-18-25-62(67)39-40-63-26-20-21-33-70(63)97/h13,16-21,25-26,29-31,33,37-38,41-42,57-60,64,66,69,71,74,80-83,105H,12,14-15,22-24,27-28,32,34-36,43-56H2,1-11H3,(H,90,101)(H,92,106)(H,93,102)(H,94,109)(H3,89,91,108)/t59-,60-,66?,69-,71-,74+,80-,81-,82+,83+/m0/s1. The van der Waals surface area contributed by atoms with Gasteiger partial charge in [-0.25, -0.2) is 9.59 Å². The van der Waals surface area contributed by atoms with Gasteiger partial charge in [0.2, 0.25) is 35.4 Å². The summed E-state index contributed by atoms with van der Waals surface area (Å²) in [7, 11) is 4.84. The summed E-state index contributed by atoms with van der Waals surface area (Å²) in [5, 5.41) is 24.8. The molecule has 2 fully saturated rings. The largest absolute Gasteiger partial charge is 0.445 e. The number of aliphatic hydroxyl groups is 1. The van der Waals surface area contributed by atoms with Crippen LogP contribution in [0.1, 0.15) is 198 Å². The number of fused-ring (bicyclic) bond motifs is 2. The van der Waals surface area contributed by atoms with Crippen molar-refractivity contribution < 1.29 is 81.5 Å². The second-order valence-electron chi connectivity index (χ2n) is 31.8. The summed E-state index contributed by atoms with van der Waals surface area (Å²) >= 11 is 0. The van der Waals surface area contributed by atoms with Crippen molar-refractivity contribution >= 4 is 76.3 Å². The molecule has 0 spiro atoms. The summed E-state index contributed by atoms with van der Waals surface area (Å²) < 4.78 is 29.1. The van der Waals surface area contributed by atoms with Crippen molar-refractivity contribution in [2.45, 2.75) is 220 Å². The number of ether oxygens (including phenoxy) is 5. The van der Waals surface area contributed by atoms with Crippen LogP contribution >= 0.6 is 0 Å². The minimum absolute atomic E-state index is 0.00482. The number of Topliss-reactive ketones (excluding diaryl/α,β-unsaturated/α-hetero) is 3. The van der Waals surface area contributed by atoms with E-state index in [2.05, 4.69) is 38.4 Å². The van der Waals surface area contributed by atoms with Gasteiger partial charge in [-0.05, 0) is 129 Å². The van der Waals surface area contributed by atoms with Gasteiger partial charge >= 0.3 is 12.1 Å². The number of nitrogens with two attached hydrogens (primary N) is 1. The van der Waals surface area contributed by atoms with Crippen LogP contribution in [-0.4, -0.2) is 183 Å². The minimum Gasteiger partial charge on any atom is -0.445 e. The first-order valence-electron chi connectivity index (χ1n) is 40.5. The van der Waals surface area contributed by atoms with Crippen LogP contribution < -0.4 is 37.2 Å². The fraction of sp³-hybridized carbons (Fsp3) is 0.580. The molecule has 1 aliphatic carbocycles. The number of methoxy groups -OCH3 is 2. The molecule has 622 valence electrons. The fourth-order valence-electron chi connectivity index (χ4n) is 15.5. The molecule has 0 radical (unpaired) electrons. The van der Waals surface area contributed by atoms with Gasteiger partial charge < -0.3 is 75.8 Å². The van der Waals surface area contributed by atoms with E-state index in [9.17, 15) is 53.1 Å². The molecular weight excluding hydrogens is 1460 g/mol. The molecule has 7 rings (SSSR count). The Hall–Kier alpha value is -9.39. The highest BCUT2D eigenvalue weighted by Crippen LogP contribution is 2.37. The fourth-order valence-corrected chi connectivity index (χ4v) is 15.5. The molecule has 1 saturated carbocycles. The summed E-state index contributed by atoms with van der Waals surface area (Å²) in [4.78, 5) is 156. The molecule has 0 aromatic heterocycles. The van der Waals surface area contributed by atoms with Crippen LogP contribution in [0.25, 0.3) is 0 Å². The quantitative estimate of drug-likeness (QED) is 0.0160. The Morgan fingerprint density at radius 2 is 1.32 bits per heavy atom. The highest BCUT2D eigenvalue weighted by Gasteiger charge is 2.45. The van der Waals surface area contributed by atoms with Crippen LogP contribution in [0, 0.1) is 53.3 Å². The van der Waals surface area contributed by atoms with Crippen LogP contribution in [0.2, 0.25) is 0 Å². The molecule has 2 heterocycles. The van der Waals surface area contributed by atoms with E-state index in [1.807, 2.05) is 107 Å². The zero-order valence-corrected chi connectivity index (χ0v) is 68.6. The molecule has 2 aliphatic heterocycles. The number of likely N-dealkylation sites (N-methyl/N-ethyl adjacent to an activating group) is 1. The predicted octanol–water partition coefficient (Wildman–Crippen LogP) is 10.5. The molecule has 4 aromatic carbocycles. The number of carbonyl (C=O) groups excluding carboxylic acids is 11. The molecule has 8 N–H and O–H groups in total. The van der Waals surface area contributed by atoms with E-state index in [0.29, 0.717) is 50.0 Å². The van der Waals surface area contributed by atoms with Crippen molar-refractivity contribution in [1.29, 1.82) is 0 Å². The average Bonchev–Trinajstić information content (AvgIpc) is 1.24. The number of hydrogen-bond donors (Lipinski definition) is 7. The number of primary amides is 1. The molecule has 0 bridgehead atoms. The Bertz CT molecular complexity index is 3910. The normalized spacial score (nSPS) is 16.6. The third-order valence-corrected chi connectivity index (χ3v) is 22.3. The molecule has 26 heteroatoms. The average molecular weight is 1580 g/mol. The van der Waals surface area contributed by atoms with Gasteiger partial charge in [0.25, 0.3) is 0 Å². The molecule has 114 heavy (non-hydrogen) atoms. The topological polar surface area (TPSA) is 350 Å². The number of likely N-dealkylation sites (tertiary alicyclic amines) is 1. The number of ketones is 3. The number of hydrogen-bond acceptors (Lipinski definition) is 17. The maximum absolute atomic E-state index is 15.0. The maximum Gasteiger partial charge on any atom is 0.408 e. The first-order chi connectivity index (χ1) is 54.5. The molecule has 3 aliphatic rings. The summed E-state index contributed by atoms with van der Waals surface area (Å²) in [6, 6.07) is 28.4. The predicted molar refractivity (Wildman–Crippen MR) is 434 cm³/mol. The molecule has 10 atom stereocenters. The van der Waals surface area contributed by atoms with E-state index < -0.39 is 83.4 Å². The summed E-state index contributed by atoms with van der Waals surface area (Å²) in [5.74, 6) is 0.639. The molecule has 26 nitrogen and oxygen atoms in total. The summed E-state index contributed by atoms with van der Waals surface area (Å²) in [5.41, 5.74) is 8.79. The van der Waals surface area contributed by atoms with Crippen molar-refractivity contribution in [3.63, 3.8) is 0 Å². The lowest BCUT2D eigenvalue weighted by Gasteiger charge is -2.43. The number of benzene rings is 4. The molecular formula is C88H123N9O17. The maximum atomic E-state index is 15.0. The summed E-state index contributed by atoms with van der Waals surface area (Å²) in [6.07, 6.45) is 3.70. The van der Waals surface area contributed by atoms with Crippen LogP contribution in [0.4, 0.5) is 21.0 Å². The smallest absolute Gasteiger partial charge is 0.408 e. The highest BCUT2D eigenvalue weighted by molar-refractivity contribution is 5.98. The zero-order valence-electron chi connectivity index (χ0n) is 68.6. The Kier molecular flexibility index (Phi) is 37.2. The van der Waals surface area contributed by atoms with Gasteiger partial charge in [-0.15, -0.1) is 0 Å². The van der Waals surface area contributed by atoms with Crippen LogP contribution in [0.15, 0.2) is 103 Å². The van der Waals surface area contributed by atoms with Crippen molar-refractivity contribution in [3.8, 4) is 11.8 Å². The van der Waals surface area contributed by atoms with Crippen molar-refractivity contribution in [1.82, 2.24) is 31.1 Å². The third kappa shape index (κ3) is 28.0. The number of amides is 9. The second kappa shape index (κ2) is 46.2. The number of nitrogens with one attached hydrogen (secondary N) is 5. The highest BCUT2D eigenvalue weighted by atomic mass is 16.5. The van der Waals surface area contributed by atoms with E-state index in [1.54, 1.807) is 87.9 Å². The van der Waals surface area contributed by atoms with Gasteiger partial charge in [-0.1, -0.05) is 145 Å². The van der Waals surface area contributed by atoms with Gasteiger partial charge in [-0.2, -0.15) is 0 Å². The van der Waals surface area contributed by atoms with E-state index in [-0.39, 0.29) is 162 Å².